The molecule has 1 aliphatic heterocycles. The van der Waals surface area contributed by atoms with Gasteiger partial charge in [0, 0.05) is 6.42 Å². The molecule has 7 heteroatoms. The van der Waals surface area contributed by atoms with Gasteiger partial charge < -0.3 is 4.74 Å². The third-order valence-corrected chi connectivity index (χ3v) is 5.70. The molecule has 1 atom stereocenters. The van der Waals surface area contributed by atoms with Gasteiger partial charge in [-0.25, -0.2) is 8.42 Å². The standard InChI is InChI=1S/C10H13BrN2O3S/c1-16-10-9(11)6-7(12-13-10)5-8-3-2-4-17(8,14)15/h6,8H,2-5H2,1H3. The van der Waals surface area contributed by atoms with Crippen LogP contribution < -0.4 is 4.74 Å². The third kappa shape index (κ3) is 2.77. The maximum Gasteiger partial charge on any atom is 0.247 e. The summed E-state index contributed by atoms with van der Waals surface area (Å²) in [6.07, 6.45) is 1.89. The fraction of sp³-hybridized carbons (Fsp3) is 0.600. The van der Waals surface area contributed by atoms with Gasteiger partial charge in [-0.1, -0.05) is 0 Å². The molecule has 0 amide bonds. The second-order valence-electron chi connectivity index (χ2n) is 4.03. The Morgan fingerprint density at radius 2 is 2.29 bits per heavy atom. The molecule has 0 aromatic carbocycles. The van der Waals surface area contributed by atoms with Crippen LogP contribution in [0.5, 0.6) is 5.88 Å². The van der Waals surface area contributed by atoms with E-state index in [2.05, 4.69) is 26.1 Å². The quantitative estimate of drug-likeness (QED) is 0.841. The Kier molecular flexibility index (Phi) is 3.67. The normalized spacial score (nSPS) is 22.6. The van der Waals surface area contributed by atoms with Crippen LogP contribution in [0, 0.1) is 0 Å². The van der Waals surface area contributed by atoms with E-state index in [4.69, 9.17) is 4.74 Å². The van der Waals surface area contributed by atoms with Gasteiger partial charge in [-0.15, -0.1) is 5.10 Å². The molecule has 0 spiro atoms. The van der Waals surface area contributed by atoms with Crippen LogP contribution in [0.15, 0.2) is 10.5 Å². The lowest BCUT2D eigenvalue weighted by Crippen LogP contribution is -2.19. The number of rotatable bonds is 3. The van der Waals surface area contributed by atoms with Crippen LogP contribution in [0.1, 0.15) is 18.5 Å². The van der Waals surface area contributed by atoms with Crippen molar-refractivity contribution >= 4 is 25.8 Å². The molecule has 0 aliphatic carbocycles. The predicted molar refractivity (Wildman–Crippen MR) is 66.8 cm³/mol. The van der Waals surface area contributed by atoms with Crippen LogP contribution in [0.25, 0.3) is 0 Å². The summed E-state index contributed by atoms with van der Waals surface area (Å²) in [6.45, 7) is 0. The van der Waals surface area contributed by atoms with Crippen molar-refractivity contribution in [2.75, 3.05) is 12.9 Å². The van der Waals surface area contributed by atoms with Gasteiger partial charge in [0.2, 0.25) is 5.88 Å². The summed E-state index contributed by atoms with van der Waals surface area (Å²) < 4.78 is 29.0. The van der Waals surface area contributed by atoms with Crippen LogP contribution in [-0.2, 0) is 16.3 Å². The van der Waals surface area contributed by atoms with E-state index >= 15 is 0 Å². The highest BCUT2D eigenvalue weighted by atomic mass is 79.9. The molecule has 0 saturated carbocycles. The van der Waals surface area contributed by atoms with Crippen LogP contribution in [0.4, 0.5) is 0 Å². The van der Waals surface area contributed by atoms with Crippen molar-refractivity contribution in [2.24, 2.45) is 0 Å². The summed E-state index contributed by atoms with van der Waals surface area (Å²) in [6, 6.07) is 1.76. The number of hydrogen-bond acceptors (Lipinski definition) is 5. The molecule has 1 unspecified atom stereocenters. The van der Waals surface area contributed by atoms with Gasteiger partial charge in [-0.05, 0) is 34.8 Å². The highest BCUT2D eigenvalue weighted by molar-refractivity contribution is 9.10. The number of sulfone groups is 1. The van der Waals surface area contributed by atoms with Crippen molar-refractivity contribution < 1.29 is 13.2 Å². The first-order valence-corrected chi connectivity index (χ1v) is 7.81. The molecule has 5 nitrogen and oxygen atoms in total. The zero-order chi connectivity index (χ0) is 12.5. The average Bonchev–Trinajstić information content (AvgIpc) is 2.59. The fourth-order valence-corrected chi connectivity index (χ4v) is 4.31. The molecule has 1 fully saturated rings. The van der Waals surface area contributed by atoms with Crippen molar-refractivity contribution in [3.8, 4) is 5.88 Å². The van der Waals surface area contributed by atoms with Gasteiger partial charge in [-0.3, -0.25) is 0 Å². The number of hydrogen-bond donors (Lipinski definition) is 0. The molecule has 0 radical (unpaired) electrons. The molecule has 0 bridgehead atoms. The summed E-state index contributed by atoms with van der Waals surface area (Å²) in [5.74, 6) is 0.700. The van der Waals surface area contributed by atoms with Gasteiger partial charge in [0.05, 0.1) is 28.3 Å². The van der Waals surface area contributed by atoms with E-state index < -0.39 is 9.84 Å². The predicted octanol–water partition coefficient (Wildman–Crippen LogP) is 1.37. The van der Waals surface area contributed by atoms with E-state index in [1.807, 2.05) is 0 Å². The second-order valence-corrected chi connectivity index (χ2v) is 7.28. The van der Waals surface area contributed by atoms with E-state index in [1.54, 1.807) is 6.07 Å². The Hall–Kier alpha value is -0.690. The molecule has 1 aliphatic rings. The van der Waals surface area contributed by atoms with Gasteiger partial charge >= 0.3 is 0 Å². The zero-order valence-corrected chi connectivity index (χ0v) is 11.8. The summed E-state index contributed by atoms with van der Waals surface area (Å²) in [7, 11) is -1.42. The largest absolute Gasteiger partial charge is 0.479 e. The minimum absolute atomic E-state index is 0.294. The molecular formula is C10H13BrN2O3S. The van der Waals surface area contributed by atoms with Gasteiger partial charge in [0.1, 0.15) is 0 Å². The smallest absolute Gasteiger partial charge is 0.247 e. The van der Waals surface area contributed by atoms with Gasteiger partial charge in [0.15, 0.2) is 9.84 Å². The minimum Gasteiger partial charge on any atom is -0.479 e. The summed E-state index contributed by atoms with van der Waals surface area (Å²) in [5.41, 5.74) is 0.674. The Bertz CT molecular complexity index is 518. The third-order valence-electron chi connectivity index (χ3n) is 2.86. The van der Waals surface area contributed by atoms with Crippen molar-refractivity contribution in [2.45, 2.75) is 24.5 Å². The lowest BCUT2D eigenvalue weighted by molar-refractivity contribution is 0.388. The average molecular weight is 321 g/mol. The monoisotopic (exact) mass is 320 g/mol. The Balaban J connectivity index is 2.17. The summed E-state index contributed by atoms with van der Waals surface area (Å²) in [5, 5.41) is 7.53. The molecule has 1 saturated heterocycles. The maximum absolute atomic E-state index is 11.7. The van der Waals surface area contributed by atoms with Crippen LogP contribution in [0.2, 0.25) is 0 Å². The lowest BCUT2D eigenvalue weighted by Gasteiger charge is -2.09. The first-order valence-electron chi connectivity index (χ1n) is 5.30. The fourth-order valence-electron chi connectivity index (χ4n) is 1.95. The first-order chi connectivity index (χ1) is 8.03. The lowest BCUT2D eigenvalue weighted by atomic mass is 10.1. The van der Waals surface area contributed by atoms with Crippen LogP contribution in [0.3, 0.4) is 0 Å². The second kappa shape index (κ2) is 4.89. The van der Waals surface area contributed by atoms with Crippen LogP contribution in [-0.4, -0.2) is 36.7 Å². The van der Waals surface area contributed by atoms with Crippen molar-refractivity contribution in [1.29, 1.82) is 0 Å². The number of halogens is 1. The molecule has 1 aromatic rings. The topological polar surface area (TPSA) is 69.2 Å². The first kappa shape index (κ1) is 12.8. The Morgan fingerprint density at radius 3 is 2.82 bits per heavy atom. The van der Waals surface area contributed by atoms with Crippen molar-refractivity contribution in [1.82, 2.24) is 10.2 Å². The Morgan fingerprint density at radius 1 is 1.53 bits per heavy atom. The molecule has 2 rings (SSSR count). The number of aromatic nitrogens is 2. The van der Waals surface area contributed by atoms with E-state index in [0.29, 0.717) is 34.6 Å². The highest BCUT2D eigenvalue weighted by Gasteiger charge is 2.31. The summed E-state index contributed by atoms with van der Waals surface area (Å²) >= 11 is 3.31. The van der Waals surface area contributed by atoms with Gasteiger partial charge in [0.25, 0.3) is 0 Å². The highest BCUT2D eigenvalue weighted by Crippen LogP contribution is 2.26. The molecule has 0 N–H and O–H groups in total. The number of methoxy groups -OCH3 is 1. The summed E-state index contributed by atoms with van der Waals surface area (Å²) in [4.78, 5) is 0. The van der Waals surface area contributed by atoms with Gasteiger partial charge in [-0.2, -0.15) is 5.10 Å². The molecule has 17 heavy (non-hydrogen) atoms. The zero-order valence-electron chi connectivity index (χ0n) is 9.39. The maximum atomic E-state index is 11.7. The molecule has 94 valence electrons. The number of ether oxygens (including phenoxy) is 1. The molecule has 2 heterocycles. The van der Waals surface area contributed by atoms with E-state index in [9.17, 15) is 8.42 Å². The number of nitrogens with zero attached hydrogens (tertiary/aromatic N) is 2. The van der Waals surface area contributed by atoms with E-state index in [-0.39, 0.29) is 5.25 Å². The molecule has 1 aromatic heterocycles. The molecular weight excluding hydrogens is 308 g/mol. The Labute approximate surface area is 109 Å². The SMILES string of the molecule is COc1nnc(CC2CCCS2(=O)=O)cc1Br. The van der Waals surface area contributed by atoms with Crippen molar-refractivity contribution in [3.05, 3.63) is 16.2 Å². The van der Waals surface area contributed by atoms with Crippen LogP contribution >= 0.6 is 15.9 Å². The van der Waals surface area contributed by atoms with Crippen molar-refractivity contribution in [3.63, 3.8) is 0 Å². The van der Waals surface area contributed by atoms with E-state index in [0.717, 1.165) is 6.42 Å². The van der Waals surface area contributed by atoms with E-state index in [1.165, 1.54) is 7.11 Å². The minimum atomic E-state index is -2.93.